The van der Waals surface area contributed by atoms with Crippen molar-refractivity contribution in [1.82, 2.24) is 0 Å². The molecule has 0 spiro atoms. The zero-order chi connectivity index (χ0) is 22.2. The van der Waals surface area contributed by atoms with Crippen LogP contribution >= 0.6 is 0 Å². The van der Waals surface area contributed by atoms with Gasteiger partial charge in [0.1, 0.15) is 0 Å². The molecule has 0 fully saturated rings. The first-order valence-corrected chi connectivity index (χ1v) is 10.7. The lowest BCUT2D eigenvalue weighted by Gasteiger charge is -2.30. The van der Waals surface area contributed by atoms with Crippen molar-refractivity contribution in [2.24, 2.45) is 0 Å². The van der Waals surface area contributed by atoms with Gasteiger partial charge in [-0.1, -0.05) is 42.0 Å². The maximum absolute atomic E-state index is 13.5. The zero-order valence-corrected chi connectivity index (χ0v) is 17.7. The third kappa shape index (κ3) is 3.64. The number of non-ortho nitro benzene ring substituents is 1. The average molecular weight is 425 g/mol. The average Bonchev–Trinajstić information content (AvgIpc) is 2.96. The number of allylic oxidation sites excluding steroid dienone is 1. The van der Waals surface area contributed by atoms with Gasteiger partial charge in [0.25, 0.3) is 5.69 Å². The molecule has 1 aliphatic carbocycles. The number of benzene rings is 3. The summed E-state index contributed by atoms with van der Waals surface area (Å²) in [5, 5.41) is 18.1. The lowest BCUT2D eigenvalue weighted by Crippen LogP contribution is -2.26. The Balaban J connectivity index is 1.58. The molecule has 32 heavy (non-hydrogen) atoms. The van der Waals surface area contributed by atoms with E-state index in [9.17, 15) is 14.9 Å². The van der Waals surface area contributed by atoms with Crippen molar-refractivity contribution < 1.29 is 9.72 Å². The highest BCUT2D eigenvalue weighted by Gasteiger charge is 2.36. The summed E-state index contributed by atoms with van der Waals surface area (Å²) >= 11 is 0. The van der Waals surface area contributed by atoms with Crippen LogP contribution in [0, 0.1) is 17.0 Å². The van der Waals surface area contributed by atoms with Crippen LogP contribution in [0.15, 0.2) is 84.1 Å². The van der Waals surface area contributed by atoms with Gasteiger partial charge in [0.05, 0.1) is 22.3 Å². The van der Waals surface area contributed by atoms with E-state index < -0.39 is 4.92 Å². The van der Waals surface area contributed by atoms with Gasteiger partial charge in [0, 0.05) is 29.8 Å². The van der Waals surface area contributed by atoms with Crippen molar-refractivity contribution in [2.75, 3.05) is 10.6 Å². The molecule has 2 unspecified atom stereocenters. The number of carbonyl (C=O) groups excluding carboxylic acids is 1. The van der Waals surface area contributed by atoms with Gasteiger partial charge >= 0.3 is 0 Å². The summed E-state index contributed by atoms with van der Waals surface area (Å²) in [5.41, 5.74) is 6.64. The molecule has 0 saturated heterocycles. The molecule has 6 heteroatoms. The van der Waals surface area contributed by atoms with Crippen LogP contribution in [-0.4, -0.2) is 10.7 Å². The maximum Gasteiger partial charge on any atom is 0.269 e. The van der Waals surface area contributed by atoms with E-state index in [0.29, 0.717) is 12.0 Å². The molecule has 0 radical (unpaired) electrons. The predicted molar refractivity (Wildman–Crippen MR) is 125 cm³/mol. The van der Waals surface area contributed by atoms with E-state index >= 15 is 0 Å². The molecule has 0 aromatic heterocycles. The number of nitrogens with zero attached hydrogens (tertiary/aromatic N) is 1. The lowest BCUT2D eigenvalue weighted by atomic mass is 9.78. The number of ketones is 1. The Morgan fingerprint density at radius 1 is 0.875 bits per heavy atom. The minimum Gasteiger partial charge on any atom is -0.372 e. The number of anilines is 2. The van der Waals surface area contributed by atoms with Crippen molar-refractivity contribution in [2.45, 2.75) is 31.7 Å². The van der Waals surface area contributed by atoms with E-state index in [0.717, 1.165) is 34.6 Å². The summed E-state index contributed by atoms with van der Waals surface area (Å²) in [4.78, 5) is 24.2. The summed E-state index contributed by atoms with van der Waals surface area (Å²) in [6.45, 7) is 2.06. The number of carbonyl (C=O) groups is 1. The second kappa shape index (κ2) is 7.96. The SMILES string of the molecule is Cc1ccc(C2CC(=O)C3=C(C2)Nc2ccccc2NC3c2ccc([N+](=O)[O-])cc2)cc1. The normalized spacial score (nSPS) is 19.8. The van der Waals surface area contributed by atoms with E-state index in [-0.39, 0.29) is 23.4 Å². The van der Waals surface area contributed by atoms with Crippen molar-refractivity contribution in [3.63, 3.8) is 0 Å². The number of nitro benzene ring substituents is 1. The first kappa shape index (κ1) is 20.0. The second-order valence-electron chi connectivity index (χ2n) is 8.43. The van der Waals surface area contributed by atoms with E-state index in [4.69, 9.17) is 0 Å². The smallest absolute Gasteiger partial charge is 0.269 e. The Morgan fingerprint density at radius 2 is 1.53 bits per heavy atom. The quantitative estimate of drug-likeness (QED) is 0.404. The minimum absolute atomic E-state index is 0.0319. The van der Waals surface area contributed by atoms with E-state index in [1.165, 1.54) is 17.7 Å². The summed E-state index contributed by atoms with van der Waals surface area (Å²) in [7, 11) is 0. The Kier molecular flexibility index (Phi) is 4.98. The largest absolute Gasteiger partial charge is 0.372 e. The Hall–Kier alpha value is -3.93. The molecule has 160 valence electrons. The number of hydrogen-bond donors (Lipinski definition) is 2. The van der Waals surface area contributed by atoms with Crippen molar-refractivity contribution >= 4 is 22.8 Å². The fraction of sp³-hybridized carbons (Fsp3) is 0.192. The highest BCUT2D eigenvalue weighted by Crippen LogP contribution is 2.44. The van der Waals surface area contributed by atoms with Crippen molar-refractivity contribution in [3.05, 3.63) is 111 Å². The number of rotatable bonds is 3. The van der Waals surface area contributed by atoms with E-state index in [1.807, 2.05) is 24.3 Å². The molecule has 0 amide bonds. The summed E-state index contributed by atoms with van der Waals surface area (Å²) in [5.74, 6) is 0.199. The van der Waals surface area contributed by atoms with Gasteiger partial charge < -0.3 is 10.6 Å². The Morgan fingerprint density at radius 3 is 2.22 bits per heavy atom. The van der Waals surface area contributed by atoms with E-state index in [2.05, 4.69) is 41.8 Å². The number of para-hydroxylation sites is 2. The fourth-order valence-electron chi connectivity index (χ4n) is 4.61. The maximum atomic E-state index is 13.5. The first-order valence-electron chi connectivity index (χ1n) is 10.7. The van der Waals surface area contributed by atoms with Crippen LogP contribution in [0.5, 0.6) is 0 Å². The number of hydrogen-bond acceptors (Lipinski definition) is 5. The number of fused-ring (bicyclic) bond motifs is 1. The van der Waals surface area contributed by atoms with Gasteiger partial charge in [-0.05, 0) is 54.7 Å². The number of Topliss-reactive ketones (excluding diaryl/α,β-unsaturated/α-hetero) is 1. The molecule has 5 rings (SSSR count). The molecule has 2 N–H and O–H groups in total. The monoisotopic (exact) mass is 425 g/mol. The van der Waals surface area contributed by atoms with Crippen LogP contribution in [0.4, 0.5) is 17.1 Å². The van der Waals surface area contributed by atoms with Gasteiger partial charge in [0.15, 0.2) is 5.78 Å². The Bertz CT molecular complexity index is 1230. The molecule has 0 saturated carbocycles. The molecular formula is C26H23N3O3. The summed E-state index contributed by atoms with van der Waals surface area (Å²) in [6.07, 6.45) is 1.16. The molecule has 2 aliphatic rings. The summed E-state index contributed by atoms with van der Waals surface area (Å²) in [6, 6.07) is 22.3. The lowest BCUT2D eigenvalue weighted by molar-refractivity contribution is -0.384. The Labute approximate surface area is 186 Å². The van der Waals surface area contributed by atoms with Crippen LogP contribution in [-0.2, 0) is 4.79 Å². The van der Waals surface area contributed by atoms with Crippen molar-refractivity contribution in [1.29, 1.82) is 0 Å². The molecule has 3 aromatic rings. The van der Waals surface area contributed by atoms with Crippen molar-refractivity contribution in [3.8, 4) is 0 Å². The fourth-order valence-corrected chi connectivity index (χ4v) is 4.61. The van der Waals surface area contributed by atoms with Crippen LogP contribution in [0.25, 0.3) is 0 Å². The van der Waals surface area contributed by atoms with Crippen LogP contribution in [0.2, 0.25) is 0 Å². The molecule has 1 heterocycles. The van der Waals surface area contributed by atoms with Gasteiger partial charge in [-0.2, -0.15) is 0 Å². The number of aryl methyl sites for hydroxylation is 1. The highest BCUT2D eigenvalue weighted by atomic mass is 16.6. The standard InChI is InChI=1S/C26H23N3O3/c1-16-6-8-17(9-7-16)19-14-23-25(24(30)15-19)26(18-10-12-20(13-11-18)29(31)32)28-22-5-3-2-4-21(22)27-23/h2-13,19,26-28H,14-15H2,1H3. The first-order chi connectivity index (χ1) is 15.5. The second-order valence-corrected chi connectivity index (χ2v) is 8.43. The molecule has 0 bridgehead atoms. The summed E-state index contributed by atoms with van der Waals surface area (Å²) < 4.78 is 0. The molecule has 2 atom stereocenters. The van der Waals surface area contributed by atoms with Gasteiger partial charge in [0.2, 0.25) is 0 Å². The number of nitro groups is 1. The van der Waals surface area contributed by atoms with Gasteiger partial charge in [-0.25, -0.2) is 0 Å². The highest BCUT2D eigenvalue weighted by molar-refractivity contribution is 6.01. The van der Waals surface area contributed by atoms with Gasteiger partial charge in [-0.15, -0.1) is 0 Å². The molecule has 1 aliphatic heterocycles. The van der Waals surface area contributed by atoms with Crippen LogP contribution in [0.1, 0.15) is 41.5 Å². The molecule has 3 aromatic carbocycles. The number of nitrogens with one attached hydrogen (secondary N) is 2. The predicted octanol–water partition coefficient (Wildman–Crippen LogP) is 5.88. The zero-order valence-electron chi connectivity index (χ0n) is 17.7. The minimum atomic E-state index is -0.413. The van der Waals surface area contributed by atoms with Crippen LogP contribution < -0.4 is 10.6 Å². The van der Waals surface area contributed by atoms with Gasteiger partial charge in [-0.3, -0.25) is 14.9 Å². The third-order valence-corrected chi connectivity index (χ3v) is 6.29. The molecular weight excluding hydrogens is 402 g/mol. The topological polar surface area (TPSA) is 84.3 Å². The molecule has 6 nitrogen and oxygen atoms in total. The van der Waals surface area contributed by atoms with E-state index in [1.54, 1.807) is 12.1 Å². The third-order valence-electron chi connectivity index (χ3n) is 6.29. The van der Waals surface area contributed by atoms with Crippen LogP contribution in [0.3, 0.4) is 0 Å².